The number of aromatic amines is 1. The highest BCUT2D eigenvalue weighted by molar-refractivity contribution is 5.95. The van der Waals surface area contributed by atoms with Crippen LogP contribution in [0.2, 0.25) is 0 Å². The zero-order valence-electron chi connectivity index (χ0n) is 11.4. The molecule has 3 N–H and O–H groups in total. The maximum Gasteiger partial charge on any atom is 0.337 e. The SMILES string of the molecule is CCOc1n[nH]c(NC(=O)[C@H]2C3C=CC(C3)[C@H]2C(=O)O)n1. The number of nitrogens with one attached hydrogen (secondary N) is 2. The number of H-pyrrole nitrogens is 1. The topological polar surface area (TPSA) is 117 Å². The summed E-state index contributed by atoms with van der Waals surface area (Å²) < 4.78 is 5.09. The molecule has 1 aromatic heterocycles. The summed E-state index contributed by atoms with van der Waals surface area (Å²) in [7, 11) is 0. The standard InChI is InChI=1S/C13H16N4O4/c1-2-21-13-15-12(16-17-13)14-10(18)8-6-3-4-7(5-6)9(8)11(19)20/h3-4,6-9H,2,5H2,1H3,(H,19,20)(H2,14,15,16,17,18)/t6?,7?,8-,9+/m0/s1. The van der Waals surface area contributed by atoms with Crippen LogP contribution in [0.25, 0.3) is 0 Å². The summed E-state index contributed by atoms with van der Waals surface area (Å²) in [6.07, 6.45) is 4.55. The summed E-state index contributed by atoms with van der Waals surface area (Å²) in [6, 6.07) is 0.149. The monoisotopic (exact) mass is 292 g/mol. The summed E-state index contributed by atoms with van der Waals surface area (Å²) in [5, 5.41) is 18.2. The minimum atomic E-state index is -0.931. The third-order valence-electron chi connectivity index (χ3n) is 4.03. The van der Waals surface area contributed by atoms with E-state index in [9.17, 15) is 14.7 Å². The number of aromatic nitrogens is 3. The molecule has 2 aliphatic carbocycles. The lowest BCUT2D eigenvalue weighted by atomic mass is 9.82. The number of carboxylic acids is 1. The van der Waals surface area contributed by atoms with Crippen LogP contribution in [0.1, 0.15) is 13.3 Å². The predicted molar refractivity (Wildman–Crippen MR) is 71.5 cm³/mol. The maximum absolute atomic E-state index is 12.3. The molecular formula is C13H16N4O4. The number of rotatable bonds is 5. The van der Waals surface area contributed by atoms with E-state index in [4.69, 9.17) is 4.74 Å². The van der Waals surface area contributed by atoms with E-state index in [-0.39, 0.29) is 29.7 Å². The lowest BCUT2D eigenvalue weighted by Gasteiger charge is -2.23. The minimum Gasteiger partial charge on any atom is -0.481 e. The Balaban J connectivity index is 1.72. The second-order valence-electron chi connectivity index (χ2n) is 5.23. The fourth-order valence-corrected chi connectivity index (χ4v) is 3.21. The van der Waals surface area contributed by atoms with Gasteiger partial charge in [0.2, 0.25) is 11.9 Å². The lowest BCUT2D eigenvalue weighted by molar-refractivity contribution is -0.146. The molecule has 0 radical (unpaired) electrons. The molecule has 0 saturated heterocycles. The van der Waals surface area contributed by atoms with Crippen molar-refractivity contribution in [1.29, 1.82) is 0 Å². The van der Waals surface area contributed by atoms with Crippen LogP contribution in [0.5, 0.6) is 6.01 Å². The number of carboxylic acid groups (broad SMARTS) is 1. The van der Waals surface area contributed by atoms with Crippen molar-refractivity contribution in [3.8, 4) is 6.01 Å². The van der Waals surface area contributed by atoms with Gasteiger partial charge in [-0.2, -0.15) is 4.98 Å². The van der Waals surface area contributed by atoms with Gasteiger partial charge in [0.05, 0.1) is 18.4 Å². The molecule has 4 atom stereocenters. The van der Waals surface area contributed by atoms with Crippen molar-refractivity contribution < 1.29 is 19.4 Å². The first-order valence-electron chi connectivity index (χ1n) is 6.87. The van der Waals surface area contributed by atoms with E-state index in [0.717, 1.165) is 6.42 Å². The number of hydrogen-bond donors (Lipinski definition) is 3. The Morgan fingerprint density at radius 1 is 1.43 bits per heavy atom. The molecule has 2 aliphatic rings. The summed E-state index contributed by atoms with van der Waals surface area (Å²) in [6.45, 7) is 2.22. The highest BCUT2D eigenvalue weighted by Crippen LogP contribution is 2.48. The third kappa shape index (κ3) is 2.37. The van der Waals surface area contributed by atoms with Crippen molar-refractivity contribution in [2.24, 2.45) is 23.7 Å². The van der Waals surface area contributed by atoms with Crippen molar-refractivity contribution >= 4 is 17.8 Å². The van der Waals surface area contributed by atoms with Crippen LogP contribution in [0, 0.1) is 23.7 Å². The normalized spacial score (nSPS) is 29.6. The Kier molecular flexibility index (Phi) is 3.36. The van der Waals surface area contributed by atoms with E-state index in [2.05, 4.69) is 20.5 Å². The Hall–Kier alpha value is -2.38. The average Bonchev–Trinajstić information content (AvgIpc) is 3.13. The van der Waals surface area contributed by atoms with E-state index < -0.39 is 17.8 Å². The zero-order chi connectivity index (χ0) is 15.0. The average molecular weight is 292 g/mol. The number of anilines is 1. The zero-order valence-corrected chi connectivity index (χ0v) is 11.4. The summed E-state index contributed by atoms with van der Waals surface area (Å²) in [5.41, 5.74) is 0. The van der Waals surface area contributed by atoms with Gasteiger partial charge >= 0.3 is 12.0 Å². The quantitative estimate of drug-likeness (QED) is 0.686. The van der Waals surface area contributed by atoms with Crippen LogP contribution < -0.4 is 10.1 Å². The molecule has 8 heteroatoms. The molecular weight excluding hydrogens is 276 g/mol. The predicted octanol–water partition coefficient (Wildman–Crippen LogP) is 0.665. The van der Waals surface area contributed by atoms with Gasteiger partial charge in [-0.1, -0.05) is 12.2 Å². The third-order valence-corrected chi connectivity index (χ3v) is 4.03. The van der Waals surface area contributed by atoms with Gasteiger partial charge in [-0.3, -0.25) is 14.9 Å². The molecule has 8 nitrogen and oxygen atoms in total. The second-order valence-corrected chi connectivity index (χ2v) is 5.23. The smallest absolute Gasteiger partial charge is 0.337 e. The molecule has 2 unspecified atom stereocenters. The Bertz CT molecular complexity index is 597. The van der Waals surface area contributed by atoms with Crippen LogP contribution in [0.4, 0.5) is 5.95 Å². The number of allylic oxidation sites excluding steroid dienone is 2. The van der Waals surface area contributed by atoms with E-state index in [0.29, 0.717) is 6.61 Å². The maximum atomic E-state index is 12.3. The Morgan fingerprint density at radius 3 is 2.81 bits per heavy atom. The van der Waals surface area contributed by atoms with Crippen LogP contribution >= 0.6 is 0 Å². The van der Waals surface area contributed by atoms with Crippen molar-refractivity contribution in [2.75, 3.05) is 11.9 Å². The molecule has 1 saturated carbocycles. The summed E-state index contributed by atoms with van der Waals surface area (Å²) in [4.78, 5) is 27.7. The van der Waals surface area contributed by atoms with Crippen molar-refractivity contribution in [1.82, 2.24) is 15.2 Å². The van der Waals surface area contributed by atoms with Crippen molar-refractivity contribution in [3.63, 3.8) is 0 Å². The number of carbonyl (C=O) groups excluding carboxylic acids is 1. The fourth-order valence-electron chi connectivity index (χ4n) is 3.21. The Morgan fingerprint density at radius 2 is 2.14 bits per heavy atom. The molecule has 1 fully saturated rings. The molecule has 2 bridgehead atoms. The van der Waals surface area contributed by atoms with Gasteiger partial charge in [-0.15, -0.1) is 5.10 Å². The highest BCUT2D eigenvalue weighted by atomic mass is 16.5. The van der Waals surface area contributed by atoms with Gasteiger partial charge in [0.15, 0.2) is 0 Å². The first-order valence-corrected chi connectivity index (χ1v) is 6.87. The van der Waals surface area contributed by atoms with Crippen LogP contribution in [-0.2, 0) is 9.59 Å². The fraction of sp³-hybridized carbons (Fsp3) is 0.538. The van der Waals surface area contributed by atoms with Gasteiger partial charge in [-0.25, -0.2) is 5.10 Å². The van der Waals surface area contributed by atoms with Crippen LogP contribution in [-0.4, -0.2) is 38.8 Å². The second kappa shape index (κ2) is 5.19. The van der Waals surface area contributed by atoms with Crippen LogP contribution in [0.15, 0.2) is 12.2 Å². The van der Waals surface area contributed by atoms with E-state index in [1.807, 2.05) is 12.2 Å². The first-order chi connectivity index (χ1) is 10.1. The van der Waals surface area contributed by atoms with E-state index >= 15 is 0 Å². The van der Waals surface area contributed by atoms with E-state index in [1.54, 1.807) is 6.92 Å². The molecule has 21 heavy (non-hydrogen) atoms. The van der Waals surface area contributed by atoms with Gasteiger partial charge in [0.1, 0.15) is 0 Å². The van der Waals surface area contributed by atoms with Gasteiger partial charge in [-0.05, 0) is 25.2 Å². The molecule has 1 heterocycles. The molecule has 112 valence electrons. The van der Waals surface area contributed by atoms with E-state index in [1.165, 1.54) is 0 Å². The molecule has 1 aromatic rings. The van der Waals surface area contributed by atoms with Gasteiger partial charge in [0, 0.05) is 0 Å². The summed E-state index contributed by atoms with van der Waals surface area (Å²) in [5.74, 6) is -2.44. The molecule has 0 spiro atoms. The number of nitrogens with zero attached hydrogens (tertiary/aromatic N) is 2. The van der Waals surface area contributed by atoms with Gasteiger partial charge in [0.25, 0.3) is 0 Å². The van der Waals surface area contributed by atoms with Crippen molar-refractivity contribution in [2.45, 2.75) is 13.3 Å². The molecule has 0 aromatic carbocycles. The number of hydrogen-bond acceptors (Lipinski definition) is 5. The number of ether oxygens (including phenoxy) is 1. The lowest BCUT2D eigenvalue weighted by Crippen LogP contribution is -2.36. The summed E-state index contributed by atoms with van der Waals surface area (Å²) >= 11 is 0. The highest BCUT2D eigenvalue weighted by Gasteiger charge is 2.51. The molecule has 1 amide bonds. The van der Waals surface area contributed by atoms with Crippen molar-refractivity contribution in [3.05, 3.63) is 12.2 Å². The Labute approximate surface area is 120 Å². The first kappa shape index (κ1) is 13.6. The number of fused-ring (bicyclic) bond motifs is 2. The molecule has 0 aliphatic heterocycles. The molecule has 3 rings (SSSR count). The minimum absolute atomic E-state index is 0.0228. The number of aliphatic carboxylic acids is 1. The van der Waals surface area contributed by atoms with Crippen LogP contribution in [0.3, 0.4) is 0 Å². The van der Waals surface area contributed by atoms with Gasteiger partial charge < -0.3 is 9.84 Å². The largest absolute Gasteiger partial charge is 0.481 e. The number of carbonyl (C=O) groups is 2. The number of amides is 1.